The molecule has 2 amide bonds. The van der Waals surface area contributed by atoms with E-state index in [9.17, 15) is 9.59 Å². The van der Waals surface area contributed by atoms with Gasteiger partial charge in [0.05, 0.1) is 19.8 Å². The van der Waals surface area contributed by atoms with E-state index in [1.807, 2.05) is 44.2 Å². The molecule has 0 bridgehead atoms. The highest BCUT2D eigenvalue weighted by atomic mass is 16.5. The van der Waals surface area contributed by atoms with E-state index < -0.39 is 0 Å². The second kappa shape index (κ2) is 9.97. The number of rotatable bonds is 7. The number of carbonyl (C=O) groups is 2. The number of fused-ring (bicyclic) bond motifs is 1. The summed E-state index contributed by atoms with van der Waals surface area (Å²) in [6.45, 7) is 9.37. The number of morpholine rings is 1. The van der Waals surface area contributed by atoms with Crippen LogP contribution in [-0.4, -0.2) is 60.7 Å². The maximum absolute atomic E-state index is 12.3. The van der Waals surface area contributed by atoms with Crippen molar-refractivity contribution in [3.05, 3.63) is 65.4 Å². The highest BCUT2D eigenvalue weighted by Gasteiger charge is 2.12. The fraction of sp³-hybridized carbons (Fsp3) is 0.360. The van der Waals surface area contributed by atoms with Gasteiger partial charge in [-0.2, -0.15) is 0 Å². The van der Waals surface area contributed by atoms with E-state index >= 15 is 0 Å². The number of anilines is 1. The molecule has 0 spiro atoms. The lowest BCUT2D eigenvalue weighted by Gasteiger charge is -2.26. The standard InChI is InChI=1S/C25H30N4O3/c1-18-3-4-21(15-19(18)2)25(31)26-17-24(30)27-22-5-6-23-20(16-22)7-8-29(23)10-9-28-11-13-32-14-12-28/h3-8,15-16H,9-14,17H2,1-2H3,(H,26,31)(H,27,30). The van der Waals surface area contributed by atoms with Crippen LogP contribution in [-0.2, 0) is 16.1 Å². The number of benzene rings is 2. The lowest BCUT2D eigenvalue weighted by molar-refractivity contribution is -0.115. The van der Waals surface area contributed by atoms with Gasteiger partial charge in [-0.05, 0) is 61.4 Å². The number of carbonyl (C=O) groups excluding carboxylic acids is 2. The number of nitrogens with one attached hydrogen (secondary N) is 2. The highest BCUT2D eigenvalue weighted by molar-refractivity contribution is 6.00. The summed E-state index contributed by atoms with van der Waals surface area (Å²) < 4.78 is 7.64. The van der Waals surface area contributed by atoms with E-state index in [0.29, 0.717) is 11.3 Å². The van der Waals surface area contributed by atoms with Crippen LogP contribution in [0.4, 0.5) is 5.69 Å². The average molecular weight is 435 g/mol. The van der Waals surface area contributed by atoms with Gasteiger partial charge < -0.3 is 19.9 Å². The predicted octanol–water partition coefficient (Wildman–Crippen LogP) is 2.96. The first-order valence-electron chi connectivity index (χ1n) is 11.0. The monoisotopic (exact) mass is 434 g/mol. The van der Waals surface area contributed by atoms with Crippen molar-refractivity contribution in [3.8, 4) is 0 Å². The summed E-state index contributed by atoms with van der Waals surface area (Å²) in [6.07, 6.45) is 2.08. The number of amides is 2. The second-order valence-electron chi connectivity index (χ2n) is 8.27. The van der Waals surface area contributed by atoms with Gasteiger partial charge in [0.15, 0.2) is 0 Å². The third-order valence-electron chi connectivity index (χ3n) is 5.99. The van der Waals surface area contributed by atoms with Crippen LogP contribution < -0.4 is 10.6 Å². The summed E-state index contributed by atoms with van der Waals surface area (Å²) >= 11 is 0. The largest absolute Gasteiger partial charge is 0.379 e. The van der Waals surface area contributed by atoms with Crippen LogP contribution in [0.25, 0.3) is 10.9 Å². The average Bonchev–Trinajstić information content (AvgIpc) is 3.20. The van der Waals surface area contributed by atoms with E-state index in [1.165, 1.54) is 0 Å². The SMILES string of the molecule is Cc1ccc(C(=O)NCC(=O)Nc2ccc3c(ccn3CCN3CCOCC3)c2)cc1C. The molecule has 1 saturated heterocycles. The minimum absolute atomic E-state index is 0.0790. The minimum atomic E-state index is -0.256. The molecule has 2 aromatic carbocycles. The van der Waals surface area contributed by atoms with Gasteiger partial charge in [0, 0.05) is 54.5 Å². The molecule has 1 aliphatic heterocycles. The van der Waals surface area contributed by atoms with Gasteiger partial charge in [-0.25, -0.2) is 0 Å². The molecule has 0 atom stereocenters. The maximum atomic E-state index is 12.3. The summed E-state index contributed by atoms with van der Waals surface area (Å²) in [5.41, 5.74) is 4.59. The van der Waals surface area contributed by atoms with Gasteiger partial charge in [0.25, 0.3) is 5.91 Å². The zero-order valence-corrected chi connectivity index (χ0v) is 18.7. The second-order valence-corrected chi connectivity index (χ2v) is 8.27. The molecule has 168 valence electrons. The molecule has 0 saturated carbocycles. The van der Waals surface area contributed by atoms with Crippen LogP contribution >= 0.6 is 0 Å². The lowest BCUT2D eigenvalue weighted by Crippen LogP contribution is -2.38. The zero-order chi connectivity index (χ0) is 22.5. The molecule has 2 N–H and O–H groups in total. The molecule has 0 unspecified atom stereocenters. The van der Waals surface area contributed by atoms with E-state index in [0.717, 1.165) is 61.4 Å². The Morgan fingerprint density at radius 1 is 0.969 bits per heavy atom. The number of ether oxygens (including phenoxy) is 1. The molecule has 7 nitrogen and oxygen atoms in total. The van der Waals surface area contributed by atoms with Crippen LogP contribution in [0.1, 0.15) is 21.5 Å². The van der Waals surface area contributed by atoms with Crippen molar-refractivity contribution in [2.75, 3.05) is 44.7 Å². The first-order valence-corrected chi connectivity index (χ1v) is 11.0. The summed E-state index contributed by atoms with van der Waals surface area (Å²) in [6, 6.07) is 13.5. The van der Waals surface area contributed by atoms with Crippen molar-refractivity contribution in [1.29, 1.82) is 0 Å². The van der Waals surface area contributed by atoms with Crippen molar-refractivity contribution < 1.29 is 14.3 Å². The first-order chi connectivity index (χ1) is 15.5. The quantitative estimate of drug-likeness (QED) is 0.600. The van der Waals surface area contributed by atoms with E-state index in [-0.39, 0.29) is 18.4 Å². The molecular weight excluding hydrogens is 404 g/mol. The van der Waals surface area contributed by atoms with Crippen molar-refractivity contribution >= 4 is 28.4 Å². The molecule has 1 fully saturated rings. The van der Waals surface area contributed by atoms with Crippen molar-refractivity contribution in [3.63, 3.8) is 0 Å². The van der Waals surface area contributed by atoms with Gasteiger partial charge in [0.1, 0.15) is 0 Å². The summed E-state index contributed by atoms with van der Waals surface area (Å²) in [7, 11) is 0. The fourth-order valence-corrected chi connectivity index (χ4v) is 3.90. The Kier molecular flexibility index (Phi) is 6.87. The Balaban J connectivity index is 1.31. The smallest absolute Gasteiger partial charge is 0.251 e. The number of aromatic nitrogens is 1. The third-order valence-corrected chi connectivity index (χ3v) is 5.99. The molecule has 1 aliphatic rings. The number of aryl methyl sites for hydroxylation is 2. The van der Waals surface area contributed by atoms with Crippen LogP contribution in [0, 0.1) is 13.8 Å². The molecule has 4 rings (SSSR count). The van der Waals surface area contributed by atoms with E-state index in [4.69, 9.17) is 4.74 Å². The van der Waals surface area contributed by atoms with Gasteiger partial charge in [-0.3, -0.25) is 14.5 Å². The van der Waals surface area contributed by atoms with Crippen LogP contribution in [0.2, 0.25) is 0 Å². The Morgan fingerprint density at radius 3 is 2.56 bits per heavy atom. The first kappa shape index (κ1) is 22.0. The van der Waals surface area contributed by atoms with Gasteiger partial charge in [-0.1, -0.05) is 6.07 Å². The van der Waals surface area contributed by atoms with Crippen molar-refractivity contribution in [2.45, 2.75) is 20.4 Å². The number of hydrogen-bond donors (Lipinski definition) is 2. The molecule has 1 aromatic heterocycles. The van der Waals surface area contributed by atoms with Crippen molar-refractivity contribution in [1.82, 2.24) is 14.8 Å². The predicted molar refractivity (Wildman–Crippen MR) is 126 cm³/mol. The van der Waals surface area contributed by atoms with Crippen LogP contribution in [0.5, 0.6) is 0 Å². The zero-order valence-electron chi connectivity index (χ0n) is 18.7. The fourth-order valence-electron chi connectivity index (χ4n) is 3.90. The number of hydrogen-bond acceptors (Lipinski definition) is 4. The van der Waals surface area contributed by atoms with Gasteiger partial charge >= 0.3 is 0 Å². The van der Waals surface area contributed by atoms with Gasteiger partial charge in [0.2, 0.25) is 5.91 Å². The molecule has 2 heterocycles. The molecule has 0 aliphatic carbocycles. The Labute approximate surface area is 188 Å². The lowest BCUT2D eigenvalue weighted by atomic mass is 10.1. The Bertz CT molecular complexity index is 1120. The topological polar surface area (TPSA) is 75.6 Å². The third kappa shape index (κ3) is 5.36. The van der Waals surface area contributed by atoms with E-state index in [2.05, 4.69) is 32.4 Å². The van der Waals surface area contributed by atoms with Gasteiger partial charge in [-0.15, -0.1) is 0 Å². The normalized spacial score (nSPS) is 14.4. The molecule has 32 heavy (non-hydrogen) atoms. The summed E-state index contributed by atoms with van der Waals surface area (Å²) in [5, 5.41) is 6.63. The maximum Gasteiger partial charge on any atom is 0.251 e. The van der Waals surface area contributed by atoms with Crippen molar-refractivity contribution in [2.24, 2.45) is 0 Å². The Hall–Kier alpha value is -3.16. The molecular formula is C25H30N4O3. The summed E-state index contributed by atoms with van der Waals surface area (Å²) in [5.74, 6) is -0.510. The van der Waals surface area contributed by atoms with E-state index in [1.54, 1.807) is 6.07 Å². The van der Waals surface area contributed by atoms with Crippen LogP contribution in [0.15, 0.2) is 48.7 Å². The Morgan fingerprint density at radius 2 is 1.78 bits per heavy atom. The number of nitrogens with zero attached hydrogens (tertiary/aromatic N) is 2. The minimum Gasteiger partial charge on any atom is -0.379 e. The molecule has 3 aromatic rings. The molecule has 7 heteroatoms. The highest BCUT2D eigenvalue weighted by Crippen LogP contribution is 2.21. The molecule has 0 radical (unpaired) electrons. The summed E-state index contributed by atoms with van der Waals surface area (Å²) in [4.78, 5) is 27.1. The van der Waals surface area contributed by atoms with Crippen LogP contribution in [0.3, 0.4) is 0 Å².